The van der Waals surface area contributed by atoms with E-state index in [-0.39, 0.29) is 11.3 Å². The van der Waals surface area contributed by atoms with Crippen molar-refractivity contribution in [3.05, 3.63) is 74.8 Å². The van der Waals surface area contributed by atoms with Gasteiger partial charge < -0.3 is 0 Å². The number of nitrogens with zero attached hydrogens (tertiary/aromatic N) is 3. The fourth-order valence-corrected chi connectivity index (χ4v) is 3.92. The van der Waals surface area contributed by atoms with Gasteiger partial charge in [0.1, 0.15) is 0 Å². The third-order valence-corrected chi connectivity index (χ3v) is 5.48. The minimum absolute atomic E-state index is 0.146. The molecule has 0 unspecified atom stereocenters. The Morgan fingerprint density at radius 3 is 2.81 bits per heavy atom. The van der Waals surface area contributed by atoms with E-state index in [1.165, 1.54) is 47.4 Å². The van der Waals surface area contributed by atoms with E-state index in [2.05, 4.69) is 15.5 Å². The number of non-ortho nitro benzene ring substituents is 1. The number of hydrogen-bond acceptors (Lipinski definition) is 7. The van der Waals surface area contributed by atoms with Crippen LogP contribution in [0.1, 0.15) is 15.9 Å². The summed E-state index contributed by atoms with van der Waals surface area (Å²) in [6.07, 6.45) is 0. The molecule has 0 aliphatic carbocycles. The molecule has 0 bridgehead atoms. The highest BCUT2D eigenvalue weighted by Crippen LogP contribution is 2.29. The Hall–Kier alpha value is -2.49. The van der Waals surface area contributed by atoms with Crippen LogP contribution in [0.15, 0.2) is 52.9 Å². The summed E-state index contributed by atoms with van der Waals surface area (Å²) < 4.78 is 0.694. The summed E-state index contributed by atoms with van der Waals surface area (Å²) in [7, 11) is 0. The van der Waals surface area contributed by atoms with Gasteiger partial charge in [-0.15, -0.1) is 10.2 Å². The monoisotopic (exact) mass is 406 g/mol. The molecule has 26 heavy (non-hydrogen) atoms. The van der Waals surface area contributed by atoms with Crippen molar-refractivity contribution in [3.63, 3.8) is 0 Å². The molecule has 1 amide bonds. The predicted octanol–water partition coefficient (Wildman–Crippen LogP) is 4.64. The van der Waals surface area contributed by atoms with Crippen LogP contribution in [0.3, 0.4) is 0 Å². The lowest BCUT2D eigenvalue weighted by molar-refractivity contribution is -0.384. The zero-order valence-electron chi connectivity index (χ0n) is 13.1. The zero-order valence-corrected chi connectivity index (χ0v) is 15.5. The van der Waals surface area contributed by atoms with Crippen LogP contribution in [0.25, 0.3) is 0 Å². The van der Waals surface area contributed by atoms with Gasteiger partial charge in [-0.2, -0.15) is 0 Å². The van der Waals surface area contributed by atoms with Gasteiger partial charge in [-0.1, -0.05) is 52.9 Å². The van der Waals surface area contributed by atoms with Gasteiger partial charge >= 0.3 is 0 Å². The molecule has 1 aromatic heterocycles. The number of thioether (sulfide) groups is 1. The SMILES string of the molecule is O=C(Nc1nnc(SCc2cccc(Cl)c2)s1)c1cccc([N+](=O)[O-])c1. The number of benzene rings is 2. The number of hydrogen-bond donors (Lipinski definition) is 1. The van der Waals surface area contributed by atoms with Crippen LogP contribution in [0.5, 0.6) is 0 Å². The summed E-state index contributed by atoms with van der Waals surface area (Å²) >= 11 is 8.66. The highest BCUT2D eigenvalue weighted by Gasteiger charge is 2.14. The molecule has 3 rings (SSSR count). The van der Waals surface area contributed by atoms with Gasteiger partial charge in [-0.05, 0) is 23.8 Å². The Kier molecular flexibility index (Phi) is 5.82. The maximum absolute atomic E-state index is 12.2. The van der Waals surface area contributed by atoms with E-state index in [1.54, 1.807) is 0 Å². The fourth-order valence-electron chi connectivity index (χ4n) is 2.02. The molecule has 0 aliphatic heterocycles. The number of carbonyl (C=O) groups is 1. The average Bonchev–Trinajstić information content (AvgIpc) is 3.07. The van der Waals surface area contributed by atoms with Crippen LogP contribution in [0.4, 0.5) is 10.8 Å². The van der Waals surface area contributed by atoms with Crippen molar-refractivity contribution < 1.29 is 9.72 Å². The molecule has 0 atom stereocenters. The Labute approximate surface area is 161 Å². The molecular weight excluding hydrogens is 396 g/mol. The number of aromatic nitrogens is 2. The van der Waals surface area contributed by atoms with Crippen LogP contribution in [0.2, 0.25) is 5.02 Å². The van der Waals surface area contributed by atoms with Gasteiger partial charge in [0.15, 0.2) is 4.34 Å². The van der Waals surface area contributed by atoms with E-state index in [4.69, 9.17) is 11.6 Å². The van der Waals surface area contributed by atoms with Crippen molar-refractivity contribution in [1.29, 1.82) is 0 Å². The van der Waals surface area contributed by atoms with Crippen LogP contribution in [-0.4, -0.2) is 21.0 Å². The van der Waals surface area contributed by atoms with Crippen molar-refractivity contribution in [2.24, 2.45) is 0 Å². The molecule has 0 radical (unpaired) electrons. The second-order valence-electron chi connectivity index (χ2n) is 5.05. The van der Waals surface area contributed by atoms with Crippen molar-refractivity contribution in [1.82, 2.24) is 10.2 Å². The highest BCUT2D eigenvalue weighted by molar-refractivity contribution is 8.00. The molecule has 3 aromatic rings. The number of nitro groups is 1. The number of nitrogens with one attached hydrogen (secondary N) is 1. The Morgan fingerprint density at radius 1 is 1.23 bits per heavy atom. The van der Waals surface area contributed by atoms with Gasteiger partial charge in [0.2, 0.25) is 5.13 Å². The summed E-state index contributed by atoms with van der Waals surface area (Å²) in [6, 6.07) is 13.0. The molecular formula is C16H11ClN4O3S2. The number of rotatable bonds is 6. The summed E-state index contributed by atoms with van der Waals surface area (Å²) in [5, 5.41) is 22.3. The van der Waals surface area contributed by atoms with E-state index in [1.807, 2.05) is 24.3 Å². The molecule has 1 heterocycles. The lowest BCUT2D eigenvalue weighted by Gasteiger charge is -2.01. The Morgan fingerprint density at radius 2 is 2.04 bits per heavy atom. The maximum atomic E-state index is 12.2. The Balaban J connectivity index is 1.62. The number of halogens is 1. The smallest absolute Gasteiger partial charge is 0.270 e. The van der Waals surface area contributed by atoms with E-state index in [0.29, 0.717) is 20.2 Å². The molecule has 132 valence electrons. The fraction of sp³-hybridized carbons (Fsp3) is 0.0625. The first-order valence-electron chi connectivity index (χ1n) is 7.28. The largest absolute Gasteiger partial charge is 0.296 e. The average molecular weight is 407 g/mol. The minimum atomic E-state index is -0.549. The second-order valence-corrected chi connectivity index (χ2v) is 7.69. The van der Waals surface area contributed by atoms with Gasteiger partial charge in [-0.3, -0.25) is 20.2 Å². The van der Waals surface area contributed by atoms with Crippen LogP contribution >= 0.6 is 34.7 Å². The van der Waals surface area contributed by atoms with Crippen LogP contribution < -0.4 is 5.32 Å². The zero-order chi connectivity index (χ0) is 18.5. The normalized spacial score (nSPS) is 10.5. The lowest BCUT2D eigenvalue weighted by atomic mass is 10.2. The minimum Gasteiger partial charge on any atom is -0.296 e. The summed E-state index contributed by atoms with van der Waals surface area (Å²) in [5.74, 6) is 0.199. The molecule has 0 aliphatic rings. The number of nitro benzene ring substituents is 1. The molecule has 10 heteroatoms. The van der Waals surface area contributed by atoms with Gasteiger partial charge in [-0.25, -0.2) is 0 Å². The van der Waals surface area contributed by atoms with Crippen LogP contribution in [0, 0.1) is 10.1 Å². The molecule has 2 aromatic carbocycles. The molecule has 1 N–H and O–H groups in total. The quantitative estimate of drug-likeness (QED) is 0.277. The van der Waals surface area contributed by atoms with Gasteiger partial charge in [0, 0.05) is 28.5 Å². The van der Waals surface area contributed by atoms with Crippen molar-refractivity contribution >= 4 is 51.4 Å². The van der Waals surface area contributed by atoms with Crippen molar-refractivity contribution in [2.45, 2.75) is 10.1 Å². The van der Waals surface area contributed by atoms with Gasteiger partial charge in [0.25, 0.3) is 11.6 Å². The summed E-state index contributed by atoms with van der Waals surface area (Å²) in [5.41, 5.74) is 1.09. The predicted molar refractivity (Wildman–Crippen MR) is 102 cm³/mol. The second kappa shape index (κ2) is 8.26. The first-order chi connectivity index (χ1) is 12.5. The molecule has 0 saturated heterocycles. The molecule has 7 nitrogen and oxygen atoms in total. The maximum Gasteiger partial charge on any atom is 0.270 e. The van der Waals surface area contributed by atoms with E-state index in [0.717, 1.165) is 5.56 Å². The highest BCUT2D eigenvalue weighted by atomic mass is 35.5. The third kappa shape index (κ3) is 4.78. The lowest BCUT2D eigenvalue weighted by Crippen LogP contribution is -2.11. The van der Waals surface area contributed by atoms with E-state index < -0.39 is 10.8 Å². The summed E-state index contributed by atoms with van der Waals surface area (Å²) in [4.78, 5) is 22.4. The number of amides is 1. The molecule has 0 fully saturated rings. The third-order valence-electron chi connectivity index (χ3n) is 3.20. The van der Waals surface area contributed by atoms with Crippen molar-refractivity contribution in [2.75, 3.05) is 5.32 Å². The standard InChI is InChI=1S/C16H11ClN4O3S2/c17-12-5-1-3-10(7-12)9-25-16-20-19-15(26-16)18-14(22)11-4-2-6-13(8-11)21(23)24/h1-8H,9H2,(H,18,19,22). The summed E-state index contributed by atoms with van der Waals surface area (Å²) in [6.45, 7) is 0. The first kappa shape index (κ1) is 18.3. The molecule has 0 saturated carbocycles. The number of anilines is 1. The molecule has 0 spiro atoms. The topological polar surface area (TPSA) is 98.0 Å². The number of carbonyl (C=O) groups excluding carboxylic acids is 1. The van der Waals surface area contributed by atoms with Crippen molar-refractivity contribution in [3.8, 4) is 0 Å². The van der Waals surface area contributed by atoms with Crippen LogP contribution in [-0.2, 0) is 5.75 Å². The van der Waals surface area contributed by atoms with E-state index >= 15 is 0 Å². The van der Waals surface area contributed by atoms with E-state index in [9.17, 15) is 14.9 Å². The first-order valence-corrected chi connectivity index (χ1v) is 9.46. The van der Waals surface area contributed by atoms with Gasteiger partial charge in [0.05, 0.1) is 4.92 Å². The Bertz CT molecular complexity index is 964.